The molecule has 1 unspecified atom stereocenters. The third kappa shape index (κ3) is 4.02. The van der Waals surface area contributed by atoms with Crippen molar-refractivity contribution in [2.45, 2.75) is 25.3 Å². The van der Waals surface area contributed by atoms with Crippen LogP contribution in [0.15, 0.2) is 48.7 Å². The molecule has 3 rings (SSSR count). The number of nitrogens with one attached hydrogen (secondary N) is 2. The molecule has 0 radical (unpaired) electrons. The van der Waals surface area contributed by atoms with Crippen molar-refractivity contribution in [3.63, 3.8) is 0 Å². The van der Waals surface area contributed by atoms with Crippen LogP contribution in [0, 0.1) is 0 Å². The molecule has 2 N–H and O–H groups in total. The van der Waals surface area contributed by atoms with Gasteiger partial charge in [0.2, 0.25) is 0 Å². The molecular weight excluding hydrogens is 286 g/mol. The van der Waals surface area contributed by atoms with Gasteiger partial charge in [0.25, 0.3) is 5.91 Å². The molecule has 0 aliphatic carbocycles. The minimum absolute atomic E-state index is 0.164. The quantitative estimate of drug-likeness (QED) is 0.824. The second kappa shape index (κ2) is 7.47. The molecular formula is C19H26N3O+. The fraction of sp³-hybridized carbons (Fsp3) is 0.421. The summed E-state index contributed by atoms with van der Waals surface area (Å²) in [6.45, 7) is 2.37. The van der Waals surface area contributed by atoms with Crippen LogP contribution in [-0.4, -0.2) is 30.1 Å². The molecule has 23 heavy (non-hydrogen) atoms. The van der Waals surface area contributed by atoms with E-state index in [0.29, 0.717) is 19.1 Å². The molecule has 0 saturated carbocycles. The Morgan fingerprint density at radius 3 is 2.83 bits per heavy atom. The number of carbonyl (C=O) groups excluding carboxylic acids is 1. The van der Waals surface area contributed by atoms with Gasteiger partial charge < -0.3 is 14.8 Å². The minimum Gasteiger partial charge on any atom is -0.351 e. The van der Waals surface area contributed by atoms with Gasteiger partial charge in [-0.25, -0.2) is 0 Å². The maximum atomic E-state index is 12.3. The van der Waals surface area contributed by atoms with Crippen LogP contribution in [0.3, 0.4) is 0 Å². The zero-order valence-electron chi connectivity index (χ0n) is 13.8. The molecule has 2 aromatic rings. The Labute approximate surface area is 138 Å². The van der Waals surface area contributed by atoms with Gasteiger partial charge >= 0.3 is 0 Å². The number of aromatic nitrogens is 1. The molecule has 0 spiro atoms. The monoisotopic (exact) mass is 312 g/mol. The average molecular weight is 312 g/mol. The van der Waals surface area contributed by atoms with Crippen molar-refractivity contribution in [1.82, 2.24) is 9.88 Å². The normalized spacial score (nSPS) is 20.6. The number of likely N-dealkylation sites (tertiary alicyclic amines) is 1. The summed E-state index contributed by atoms with van der Waals surface area (Å²) in [4.78, 5) is 13.6. The van der Waals surface area contributed by atoms with Crippen LogP contribution in [0.5, 0.6) is 0 Å². The summed E-state index contributed by atoms with van der Waals surface area (Å²) in [6, 6.07) is 15.0. The van der Waals surface area contributed by atoms with Crippen LogP contribution in [0.4, 0.5) is 0 Å². The lowest BCUT2D eigenvalue weighted by Gasteiger charge is -2.21. The Morgan fingerprint density at radius 1 is 1.26 bits per heavy atom. The lowest BCUT2D eigenvalue weighted by Crippen LogP contribution is -3.11. The van der Waals surface area contributed by atoms with E-state index in [2.05, 4.69) is 47.4 Å². The number of rotatable bonds is 6. The Kier molecular flexibility index (Phi) is 5.13. The predicted molar refractivity (Wildman–Crippen MR) is 91.2 cm³/mol. The number of carbonyl (C=O) groups is 1. The molecule has 1 aromatic carbocycles. The summed E-state index contributed by atoms with van der Waals surface area (Å²) in [5.74, 6) is 0.164. The highest BCUT2D eigenvalue weighted by Gasteiger charge is 2.32. The molecule has 1 amide bonds. The van der Waals surface area contributed by atoms with E-state index in [1.165, 1.54) is 29.0 Å². The van der Waals surface area contributed by atoms with Crippen molar-refractivity contribution in [2.75, 3.05) is 19.6 Å². The third-order valence-electron chi connectivity index (χ3n) is 4.79. The van der Waals surface area contributed by atoms with Gasteiger partial charge in [-0.1, -0.05) is 30.3 Å². The SMILES string of the molecule is Cn1cccc1[C@H]1CCC[NH+]1CC(=O)NCCc1ccccc1. The Hall–Kier alpha value is -2.07. The number of hydrogen-bond acceptors (Lipinski definition) is 1. The largest absolute Gasteiger partial charge is 0.351 e. The van der Waals surface area contributed by atoms with Crippen LogP contribution in [0.1, 0.15) is 30.1 Å². The smallest absolute Gasteiger partial charge is 0.275 e. The number of nitrogens with zero attached hydrogens (tertiary/aromatic N) is 1. The summed E-state index contributed by atoms with van der Waals surface area (Å²) in [7, 11) is 2.09. The molecule has 1 aromatic heterocycles. The second-order valence-electron chi connectivity index (χ2n) is 6.41. The molecule has 1 aliphatic rings. The molecule has 0 bridgehead atoms. The molecule has 4 heteroatoms. The highest BCUT2D eigenvalue weighted by molar-refractivity contribution is 5.76. The molecule has 2 heterocycles. The number of amides is 1. The van der Waals surface area contributed by atoms with E-state index in [0.717, 1.165) is 13.0 Å². The lowest BCUT2D eigenvalue weighted by molar-refractivity contribution is -0.911. The van der Waals surface area contributed by atoms with Crippen LogP contribution in [-0.2, 0) is 18.3 Å². The summed E-state index contributed by atoms with van der Waals surface area (Å²) in [5, 5.41) is 3.07. The van der Waals surface area contributed by atoms with Gasteiger partial charge in [-0.2, -0.15) is 0 Å². The number of hydrogen-bond donors (Lipinski definition) is 2. The van der Waals surface area contributed by atoms with E-state index in [-0.39, 0.29) is 5.91 Å². The Morgan fingerprint density at radius 2 is 2.09 bits per heavy atom. The molecule has 4 nitrogen and oxygen atoms in total. The van der Waals surface area contributed by atoms with Crippen molar-refractivity contribution in [1.29, 1.82) is 0 Å². The molecule has 122 valence electrons. The second-order valence-corrected chi connectivity index (χ2v) is 6.41. The standard InChI is InChI=1S/C19H25N3O/c1-21-13-5-9-17(21)18-10-6-14-22(18)15-19(23)20-12-11-16-7-3-2-4-8-16/h2-5,7-9,13,18H,6,10-12,14-15H2,1H3,(H,20,23)/p+1/t18-/m1/s1. The molecule has 2 atom stereocenters. The van der Waals surface area contributed by atoms with Crippen LogP contribution in [0.2, 0.25) is 0 Å². The van der Waals surface area contributed by atoms with Gasteiger partial charge in [0.15, 0.2) is 6.54 Å². The van der Waals surface area contributed by atoms with Gasteiger partial charge in [-0.05, 0) is 24.1 Å². The first-order valence-corrected chi connectivity index (χ1v) is 8.50. The fourth-order valence-corrected chi connectivity index (χ4v) is 3.58. The van der Waals surface area contributed by atoms with Crippen LogP contribution < -0.4 is 10.2 Å². The van der Waals surface area contributed by atoms with Gasteiger partial charge in [0.1, 0.15) is 6.04 Å². The molecule has 1 aliphatic heterocycles. The van der Waals surface area contributed by atoms with Gasteiger partial charge in [-0.15, -0.1) is 0 Å². The van der Waals surface area contributed by atoms with E-state index in [9.17, 15) is 4.79 Å². The Balaban J connectivity index is 1.48. The van der Waals surface area contributed by atoms with Gasteiger partial charge in [0, 0.05) is 32.6 Å². The zero-order valence-corrected chi connectivity index (χ0v) is 13.8. The van der Waals surface area contributed by atoms with Crippen LogP contribution >= 0.6 is 0 Å². The number of benzene rings is 1. The van der Waals surface area contributed by atoms with Crippen molar-refractivity contribution >= 4 is 5.91 Å². The Bertz CT molecular complexity index is 635. The average Bonchev–Trinajstić information content (AvgIpc) is 3.17. The van der Waals surface area contributed by atoms with E-state index in [1.807, 2.05) is 18.2 Å². The fourth-order valence-electron chi connectivity index (χ4n) is 3.58. The van der Waals surface area contributed by atoms with Crippen molar-refractivity contribution in [2.24, 2.45) is 7.05 Å². The van der Waals surface area contributed by atoms with E-state index in [1.54, 1.807) is 0 Å². The first-order valence-electron chi connectivity index (χ1n) is 8.50. The summed E-state index contributed by atoms with van der Waals surface area (Å²) >= 11 is 0. The predicted octanol–water partition coefficient (Wildman–Crippen LogP) is 1.10. The number of quaternary nitrogens is 1. The zero-order chi connectivity index (χ0) is 16.1. The highest BCUT2D eigenvalue weighted by Crippen LogP contribution is 2.18. The molecule has 1 fully saturated rings. The number of aryl methyl sites for hydroxylation is 1. The summed E-state index contributed by atoms with van der Waals surface area (Å²) in [6.07, 6.45) is 5.35. The van der Waals surface area contributed by atoms with Crippen LogP contribution in [0.25, 0.3) is 0 Å². The van der Waals surface area contributed by atoms with E-state index in [4.69, 9.17) is 0 Å². The topological polar surface area (TPSA) is 38.5 Å². The van der Waals surface area contributed by atoms with Gasteiger partial charge in [0.05, 0.1) is 12.2 Å². The third-order valence-corrected chi connectivity index (χ3v) is 4.79. The lowest BCUT2D eigenvalue weighted by atomic mass is 10.1. The minimum atomic E-state index is 0.164. The van der Waals surface area contributed by atoms with Crippen molar-refractivity contribution < 1.29 is 9.69 Å². The van der Waals surface area contributed by atoms with E-state index < -0.39 is 0 Å². The van der Waals surface area contributed by atoms with Crippen molar-refractivity contribution in [3.8, 4) is 0 Å². The maximum Gasteiger partial charge on any atom is 0.275 e. The van der Waals surface area contributed by atoms with Gasteiger partial charge in [-0.3, -0.25) is 4.79 Å². The molecule has 1 saturated heterocycles. The van der Waals surface area contributed by atoms with Crippen molar-refractivity contribution in [3.05, 3.63) is 59.9 Å². The maximum absolute atomic E-state index is 12.3. The summed E-state index contributed by atoms with van der Waals surface area (Å²) < 4.78 is 2.18. The van der Waals surface area contributed by atoms with E-state index >= 15 is 0 Å². The highest BCUT2D eigenvalue weighted by atomic mass is 16.2. The first-order chi connectivity index (χ1) is 11.2. The summed E-state index contributed by atoms with van der Waals surface area (Å²) in [5.41, 5.74) is 2.61. The first kappa shape index (κ1) is 15.8.